The van der Waals surface area contributed by atoms with Gasteiger partial charge in [-0.25, -0.2) is 0 Å². The summed E-state index contributed by atoms with van der Waals surface area (Å²) in [5.41, 5.74) is 1.54. The van der Waals surface area contributed by atoms with E-state index < -0.39 is 0 Å². The van der Waals surface area contributed by atoms with E-state index in [0.29, 0.717) is 25.2 Å². The molecule has 140 valence electrons. The Hall–Kier alpha value is -2.53. The number of amides is 2. The monoisotopic (exact) mass is 384 g/mol. The number of hydrogen-bond acceptors (Lipinski definition) is 3. The number of rotatable bonds is 2. The van der Waals surface area contributed by atoms with Crippen molar-refractivity contribution in [2.45, 2.75) is 13.0 Å². The van der Waals surface area contributed by atoms with E-state index in [1.807, 2.05) is 40.1 Å². The average molecular weight is 385 g/mol. The minimum Gasteiger partial charge on any atom is -0.506 e. The van der Waals surface area contributed by atoms with Crippen molar-refractivity contribution < 1.29 is 14.7 Å². The maximum Gasteiger partial charge on any atom is 0.254 e. The molecule has 5 nitrogen and oxygen atoms in total. The molecule has 0 spiro atoms. The van der Waals surface area contributed by atoms with E-state index in [0.717, 1.165) is 5.56 Å². The van der Waals surface area contributed by atoms with Crippen molar-refractivity contribution in [2.75, 3.05) is 19.6 Å². The summed E-state index contributed by atoms with van der Waals surface area (Å²) in [4.78, 5) is 28.8. The van der Waals surface area contributed by atoms with E-state index in [1.165, 1.54) is 12.1 Å². The van der Waals surface area contributed by atoms with E-state index in [1.54, 1.807) is 13.0 Å². The highest BCUT2D eigenvalue weighted by Crippen LogP contribution is 2.45. The first-order chi connectivity index (χ1) is 13.0. The highest BCUT2D eigenvalue weighted by molar-refractivity contribution is 6.32. The van der Waals surface area contributed by atoms with Gasteiger partial charge < -0.3 is 14.9 Å². The van der Waals surface area contributed by atoms with Gasteiger partial charge in [0.15, 0.2) is 0 Å². The molecule has 0 saturated carbocycles. The highest BCUT2D eigenvalue weighted by atomic mass is 35.5. The number of hydrogen-bond donors (Lipinski definition) is 1. The molecular formula is C21H21ClN2O3. The van der Waals surface area contributed by atoms with Crippen molar-refractivity contribution in [3.63, 3.8) is 0 Å². The number of phenols is 1. The number of halogens is 1. The van der Waals surface area contributed by atoms with Crippen molar-refractivity contribution in [1.82, 2.24) is 9.80 Å². The summed E-state index contributed by atoms with van der Waals surface area (Å²) in [6.45, 7) is 3.47. The van der Waals surface area contributed by atoms with Gasteiger partial charge >= 0.3 is 0 Å². The van der Waals surface area contributed by atoms with Crippen molar-refractivity contribution in [1.29, 1.82) is 0 Å². The van der Waals surface area contributed by atoms with Crippen LogP contribution < -0.4 is 0 Å². The summed E-state index contributed by atoms with van der Waals surface area (Å²) in [5.74, 6) is 0.327. The van der Waals surface area contributed by atoms with E-state index in [4.69, 9.17) is 11.6 Å². The Kier molecular flexibility index (Phi) is 4.56. The van der Waals surface area contributed by atoms with Crippen LogP contribution in [0.25, 0.3) is 0 Å². The minimum absolute atomic E-state index is 0.00915. The number of nitrogens with zero attached hydrogens (tertiary/aromatic N) is 2. The fourth-order valence-corrected chi connectivity index (χ4v) is 4.56. The molecule has 0 unspecified atom stereocenters. The molecule has 0 radical (unpaired) electrons. The molecule has 6 heteroatoms. The van der Waals surface area contributed by atoms with Gasteiger partial charge in [0.25, 0.3) is 5.91 Å². The van der Waals surface area contributed by atoms with Gasteiger partial charge in [-0.2, -0.15) is 0 Å². The standard InChI is InChI=1S/C21H21ClN2O3/c1-13(25)24-11-16-10-23(21(27)15-7-8-18(22)19(26)9-15)12-17(16)20(24)14-5-3-2-4-6-14/h2-9,16-17,20,26H,10-12H2,1H3/t16-,17-,20+/m1/s1. The number of aromatic hydroxyl groups is 1. The van der Waals surface area contributed by atoms with Gasteiger partial charge in [-0.15, -0.1) is 0 Å². The Morgan fingerprint density at radius 3 is 2.48 bits per heavy atom. The Morgan fingerprint density at radius 1 is 1.07 bits per heavy atom. The molecule has 27 heavy (non-hydrogen) atoms. The molecule has 0 bridgehead atoms. The maximum atomic E-state index is 12.9. The molecule has 2 heterocycles. The summed E-state index contributed by atoms with van der Waals surface area (Å²) in [6.07, 6.45) is 0. The molecule has 2 fully saturated rings. The van der Waals surface area contributed by atoms with Crippen LogP contribution in [0, 0.1) is 11.8 Å². The van der Waals surface area contributed by atoms with Crippen LogP contribution in [0.1, 0.15) is 28.9 Å². The van der Waals surface area contributed by atoms with Crippen LogP contribution in [0.15, 0.2) is 48.5 Å². The molecule has 2 saturated heterocycles. The zero-order chi connectivity index (χ0) is 19.1. The fraction of sp³-hybridized carbons (Fsp3) is 0.333. The van der Waals surface area contributed by atoms with Crippen LogP contribution in [0.3, 0.4) is 0 Å². The molecule has 2 aliphatic heterocycles. The molecule has 2 aromatic carbocycles. The largest absolute Gasteiger partial charge is 0.506 e. The summed E-state index contributed by atoms with van der Waals surface area (Å²) in [7, 11) is 0. The highest BCUT2D eigenvalue weighted by Gasteiger charge is 2.49. The Labute approximate surface area is 163 Å². The maximum absolute atomic E-state index is 12.9. The summed E-state index contributed by atoms with van der Waals surface area (Å²) in [6, 6.07) is 14.6. The number of carbonyl (C=O) groups is 2. The lowest BCUT2D eigenvalue weighted by atomic mass is 9.89. The first kappa shape index (κ1) is 17.9. The predicted octanol–water partition coefficient (Wildman–Crippen LogP) is 3.34. The lowest BCUT2D eigenvalue weighted by Gasteiger charge is -2.29. The first-order valence-corrected chi connectivity index (χ1v) is 9.43. The van der Waals surface area contributed by atoms with Gasteiger partial charge in [0, 0.05) is 44.0 Å². The number of fused-ring (bicyclic) bond motifs is 1. The number of carbonyl (C=O) groups excluding carboxylic acids is 2. The quantitative estimate of drug-likeness (QED) is 0.863. The van der Waals surface area contributed by atoms with Crippen LogP contribution in [0.2, 0.25) is 5.02 Å². The van der Waals surface area contributed by atoms with Crippen LogP contribution in [-0.4, -0.2) is 46.4 Å². The molecule has 2 aromatic rings. The minimum atomic E-state index is -0.113. The summed E-state index contributed by atoms with van der Waals surface area (Å²) in [5, 5.41) is 10.0. The second-order valence-electron chi connectivity index (χ2n) is 7.33. The molecule has 1 N–H and O–H groups in total. The summed E-state index contributed by atoms with van der Waals surface area (Å²) < 4.78 is 0. The third-order valence-electron chi connectivity index (χ3n) is 5.69. The van der Waals surface area contributed by atoms with E-state index in [2.05, 4.69) is 0 Å². The van der Waals surface area contributed by atoms with Crippen molar-refractivity contribution in [2.24, 2.45) is 11.8 Å². The Bertz CT molecular complexity index is 886. The lowest BCUT2D eigenvalue weighted by Crippen LogP contribution is -2.36. The number of phenolic OH excluding ortho intramolecular Hbond substituents is 1. The van der Waals surface area contributed by atoms with Gasteiger partial charge in [0.2, 0.25) is 5.91 Å². The molecule has 3 atom stereocenters. The van der Waals surface area contributed by atoms with Gasteiger partial charge in [-0.05, 0) is 23.8 Å². The zero-order valence-corrected chi connectivity index (χ0v) is 15.8. The van der Waals surface area contributed by atoms with Crippen LogP contribution in [-0.2, 0) is 4.79 Å². The third-order valence-corrected chi connectivity index (χ3v) is 6.01. The topological polar surface area (TPSA) is 60.9 Å². The second-order valence-corrected chi connectivity index (χ2v) is 7.73. The van der Waals surface area contributed by atoms with Crippen LogP contribution in [0.5, 0.6) is 5.75 Å². The van der Waals surface area contributed by atoms with Crippen molar-refractivity contribution in [3.8, 4) is 5.75 Å². The van der Waals surface area contributed by atoms with Gasteiger partial charge in [-0.3, -0.25) is 9.59 Å². The first-order valence-electron chi connectivity index (χ1n) is 9.05. The van der Waals surface area contributed by atoms with Gasteiger partial charge in [-0.1, -0.05) is 41.9 Å². The van der Waals surface area contributed by atoms with Crippen molar-refractivity contribution in [3.05, 3.63) is 64.7 Å². The Balaban J connectivity index is 1.58. The van der Waals surface area contributed by atoms with Crippen LogP contribution >= 0.6 is 11.6 Å². The smallest absolute Gasteiger partial charge is 0.254 e. The molecule has 0 aromatic heterocycles. The molecular weight excluding hydrogens is 364 g/mol. The second kappa shape index (κ2) is 6.89. The number of benzene rings is 2. The van der Waals surface area contributed by atoms with Crippen LogP contribution in [0.4, 0.5) is 0 Å². The van der Waals surface area contributed by atoms with E-state index >= 15 is 0 Å². The van der Waals surface area contributed by atoms with E-state index in [9.17, 15) is 14.7 Å². The molecule has 0 aliphatic carbocycles. The van der Waals surface area contributed by atoms with Gasteiger partial charge in [0.05, 0.1) is 11.1 Å². The van der Waals surface area contributed by atoms with Gasteiger partial charge in [0.1, 0.15) is 5.75 Å². The van der Waals surface area contributed by atoms with Crippen molar-refractivity contribution >= 4 is 23.4 Å². The molecule has 2 aliphatic rings. The number of likely N-dealkylation sites (tertiary alicyclic amines) is 2. The third kappa shape index (κ3) is 3.16. The average Bonchev–Trinajstić information content (AvgIpc) is 3.22. The summed E-state index contributed by atoms with van der Waals surface area (Å²) >= 11 is 5.84. The normalized spacial score (nSPS) is 24.1. The molecule has 4 rings (SSSR count). The predicted molar refractivity (Wildman–Crippen MR) is 103 cm³/mol. The Morgan fingerprint density at radius 2 is 1.81 bits per heavy atom. The SMILES string of the molecule is CC(=O)N1C[C@H]2CN(C(=O)c3ccc(Cl)c(O)c3)C[C@H]2[C@@H]1c1ccccc1. The molecule has 2 amide bonds. The van der Waals surface area contributed by atoms with E-state index in [-0.39, 0.29) is 40.5 Å². The fourth-order valence-electron chi connectivity index (χ4n) is 4.44. The zero-order valence-electron chi connectivity index (χ0n) is 15.0. The lowest BCUT2D eigenvalue weighted by molar-refractivity contribution is -0.130.